The standard InChI is InChI=1S/C23H20ClFO2/c1-2-13-3-8-16(18-10-9-17(24)12-20(18)25)11-19(13)21-22(26)14-4-5-15(7-6-14)23(21)27/h3-5,8-12,14-15,26H,2,6-7H2,1H3. The van der Waals surface area contributed by atoms with Crippen LogP contribution < -0.4 is 0 Å². The average Bonchev–Trinajstić information content (AvgIpc) is 2.86. The monoisotopic (exact) mass is 382 g/mol. The van der Waals surface area contributed by atoms with E-state index in [-0.39, 0.29) is 23.4 Å². The van der Waals surface area contributed by atoms with Crippen LogP contribution in [0.3, 0.4) is 0 Å². The Labute approximate surface area is 163 Å². The number of carbonyl (C=O) groups is 1. The van der Waals surface area contributed by atoms with Gasteiger partial charge in [-0.15, -0.1) is 0 Å². The number of Topliss-reactive ketones (excluding diaryl/α,β-unsaturated/α-hetero) is 1. The Balaban J connectivity index is 1.90. The number of ketones is 1. The first-order valence-corrected chi connectivity index (χ1v) is 9.61. The normalized spacial score (nSPS) is 21.7. The van der Waals surface area contributed by atoms with E-state index in [1.807, 2.05) is 37.3 Å². The Morgan fingerprint density at radius 2 is 1.81 bits per heavy atom. The summed E-state index contributed by atoms with van der Waals surface area (Å²) in [5.41, 5.74) is 3.14. The van der Waals surface area contributed by atoms with Crippen molar-refractivity contribution < 1.29 is 14.3 Å². The van der Waals surface area contributed by atoms with Gasteiger partial charge in [0.05, 0.1) is 5.57 Å². The number of halogens is 2. The summed E-state index contributed by atoms with van der Waals surface area (Å²) in [6.07, 6.45) is 6.08. The van der Waals surface area contributed by atoms with Crippen LogP contribution in [0.2, 0.25) is 5.02 Å². The van der Waals surface area contributed by atoms with E-state index < -0.39 is 5.82 Å². The zero-order valence-electron chi connectivity index (χ0n) is 15.0. The summed E-state index contributed by atoms with van der Waals surface area (Å²) in [5.74, 6) is -0.637. The number of fused-ring (bicyclic) bond motifs is 2. The Morgan fingerprint density at radius 3 is 2.48 bits per heavy atom. The van der Waals surface area contributed by atoms with E-state index in [1.54, 1.807) is 12.1 Å². The zero-order valence-corrected chi connectivity index (χ0v) is 15.8. The minimum Gasteiger partial charge on any atom is -0.511 e. The van der Waals surface area contributed by atoms with Crippen LogP contribution in [0.5, 0.6) is 0 Å². The maximum Gasteiger partial charge on any atom is 0.173 e. The number of hydrogen-bond acceptors (Lipinski definition) is 2. The van der Waals surface area contributed by atoms with E-state index in [2.05, 4.69) is 0 Å². The molecule has 3 aliphatic carbocycles. The van der Waals surface area contributed by atoms with Crippen molar-refractivity contribution in [3.05, 3.63) is 76.3 Å². The van der Waals surface area contributed by atoms with Gasteiger partial charge in [0.15, 0.2) is 5.78 Å². The van der Waals surface area contributed by atoms with Crippen molar-refractivity contribution in [2.45, 2.75) is 26.2 Å². The topological polar surface area (TPSA) is 37.3 Å². The number of benzene rings is 2. The van der Waals surface area contributed by atoms with E-state index in [1.165, 1.54) is 6.07 Å². The van der Waals surface area contributed by atoms with Gasteiger partial charge in [-0.1, -0.05) is 42.8 Å². The summed E-state index contributed by atoms with van der Waals surface area (Å²) in [5, 5.41) is 11.2. The molecule has 5 rings (SSSR count). The summed E-state index contributed by atoms with van der Waals surface area (Å²) >= 11 is 5.87. The van der Waals surface area contributed by atoms with Gasteiger partial charge in [-0.3, -0.25) is 4.79 Å². The van der Waals surface area contributed by atoms with E-state index in [4.69, 9.17) is 11.6 Å². The third-order valence-electron chi connectivity index (χ3n) is 5.56. The largest absolute Gasteiger partial charge is 0.511 e. The second-order valence-electron chi connectivity index (χ2n) is 7.15. The fourth-order valence-electron chi connectivity index (χ4n) is 4.04. The molecule has 27 heavy (non-hydrogen) atoms. The minimum absolute atomic E-state index is 0.0489. The molecule has 0 saturated carbocycles. The van der Waals surface area contributed by atoms with Gasteiger partial charge in [0, 0.05) is 22.4 Å². The summed E-state index contributed by atoms with van der Waals surface area (Å²) in [6, 6.07) is 10.1. The quantitative estimate of drug-likeness (QED) is 0.647. The highest BCUT2D eigenvalue weighted by atomic mass is 35.5. The van der Waals surface area contributed by atoms with Crippen LogP contribution in [0.1, 0.15) is 30.9 Å². The molecule has 2 nitrogen and oxygen atoms in total. The van der Waals surface area contributed by atoms with Crippen LogP contribution in [0.25, 0.3) is 16.7 Å². The van der Waals surface area contributed by atoms with Gasteiger partial charge >= 0.3 is 0 Å². The van der Waals surface area contributed by atoms with Gasteiger partial charge in [-0.25, -0.2) is 4.39 Å². The lowest BCUT2D eigenvalue weighted by Gasteiger charge is -2.16. The molecule has 0 radical (unpaired) electrons. The summed E-state index contributed by atoms with van der Waals surface area (Å²) < 4.78 is 14.4. The van der Waals surface area contributed by atoms with Crippen molar-refractivity contribution in [2.24, 2.45) is 11.8 Å². The second-order valence-corrected chi connectivity index (χ2v) is 7.59. The second kappa shape index (κ2) is 6.97. The van der Waals surface area contributed by atoms with Crippen molar-refractivity contribution in [2.75, 3.05) is 0 Å². The summed E-state index contributed by atoms with van der Waals surface area (Å²) in [7, 11) is 0. The molecule has 4 heteroatoms. The Hall–Kier alpha value is -2.39. The smallest absolute Gasteiger partial charge is 0.173 e. The lowest BCUT2D eigenvalue weighted by Crippen LogP contribution is -2.14. The van der Waals surface area contributed by atoms with E-state index in [0.717, 1.165) is 18.4 Å². The lowest BCUT2D eigenvalue weighted by atomic mass is 9.87. The first kappa shape index (κ1) is 18.0. The van der Waals surface area contributed by atoms with Crippen molar-refractivity contribution in [3.8, 4) is 11.1 Å². The van der Waals surface area contributed by atoms with E-state index in [9.17, 15) is 14.3 Å². The first-order valence-electron chi connectivity index (χ1n) is 9.24. The molecule has 0 aromatic heterocycles. The highest BCUT2D eigenvalue weighted by Gasteiger charge is 2.35. The number of rotatable bonds is 3. The predicted molar refractivity (Wildman–Crippen MR) is 106 cm³/mol. The molecule has 0 amide bonds. The fourth-order valence-corrected chi connectivity index (χ4v) is 4.20. The van der Waals surface area contributed by atoms with Crippen molar-refractivity contribution in [3.63, 3.8) is 0 Å². The van der Waals surface area contributed by atoms with Gasteiger partial charge in [-0.2, -0.15) is 0 Å². The Morgan fingerprint density at radius 1 is 1.07 bits per heavy atom. The van der Waals surface area contributed by atoms with Crippen LogP contribution in [0.15, 0.2) is 54.3 Å². The van der Waals surface area contributed by atoms with Crippen LogP contribution in [-0.4, -0.2) is 10.9 Å². The molecule has 0 aliphatic heterocycles. The average molecular weight is 383 g/mol. The molecule has 138 valence electrons. The maximum atomic E-state index is 14.4. The van der Waals surface area contributed by atoms with Crippen molar-refractivity contribution in [1.82, 2.24) is 0 Å². The molecular weight excluding hydrogens is 363 g/mol. The molecule has 2 bridgehead atoms. The third kappa shape index (κ3) is 3.10. The molecule has 3 aliphatic rings. The third-order valence-corrected chi connectivity index (χ3v) is 5.79. The molecule has 0 spiro atoms. The van der Waals surface area contributed by atoms with Gasteiger partial charge in [0.2, 0.25) is 0 Å². The zero-order chi connectivity index (χ0) is 19.1. The fraction of sp³-hybridized carbons (Fsp3) is 0.261. The van der Waals surface area contributed by atoms with E-state index >= 15 is 0 Å². The molecule has 2 aromatic rings. The number of hydrogen-bond donors (Lipinski definition) is 1. The highest BCUT2D eigenvalue weighted by Crippen LogP contribution is 2.41. The SMILES string of the molecule is CCc1ccc(-c2ccc(Cl)cc2F)cc1C1=C(O)C2C=CC(CC2)C1=O. The van der Waals surface area contributed by atoms with Gasteiger partial charge in [0.1, 0.15) is 11.6 Å². The van der Waals surface area contributed by atoms with Crippen LogP contribution in [-0.2, 0) is 11.2 Å². The van der Waals surface area contributed by atoms with Crippen LogP contribution in [0, 0.1) is 17.7 Å². The molecule has 0 saturated heterocycles. The molecule has 1 N–H and O–H groups in total. The minimum atomic E-state index is -0.412. The Bertz CT molecular complexity index is 990. The van der Waals surface area contributed by atoms with Crippen molar-refractivity contribution >= 4 is 23.0 Å². The summed E-state index contributed by atoms with van der Waals surface area (Å²) in [4.78, 5) is 13.1. The lowest BCUT2D eigenvalue weighted by molar-refractivity contribution is -0.116. The number of carbonyl (C=O) groups excluding carboxylic acids is 1. The molecule has 0 heterocycles. The van der Waals surface area contributed by atoms with Crippen LogP contribution in [0.4, 0.5) is 4.39 Å². The number of aliphatic hydroxyl groups is 1. The molecule has 2 unspecified atom stereocenters. The van der Waals surface area contributed by atoms with Gasteiger partial charge in [0.25, 0.3) is 0 Å². The predicted octanol–water partition coefficient (Wildman–Crippen LogP) is 6.14. The van der Waals surface area contributed by atoms with Gasteiger partial charge < -0.3 is 5.11 Å². The number of aryl methyl sites for hydroxylation is 1. The van der Waals surface area contributed by atoms with Crippen LogP contribution >= 0.6 is 11.6 Å². The number of allylic oxidation sites excluding steroid dienone is 3. The molecule has 2 aromatic carbocycles. The van der Waals surface area contributed by atoms with Gasteiger partial charge in [-0.05, 0) is 60.2 Å². The number of aliphatic hydroxyl groups excluding tert-OH is 1. The molecule has 0 fully saturated rings. The maximum absolute atomic E-state index is 14.4. The summed E-state index contributed by atoms with van der Waals surface area (Å²) in [6.45, 7) is 2.01. The Kier molecular flexibility index (Phi) is 4.65. The molecule has 2 atom stereocenters. The molecular formula is C23H20ClFO2. The highest BCUT2D eigenvalue weighted by molar-refractivity contribution is 6.30. The first-order chi connectivity index (χ1) is 13.0. The van der Waals surface area contributed by atoms with Crippen molar-refractivity contribution in [1.29, 1.82) is 0 Å². The van der Waals surface area contributed by atoms with E-state index in [0.29, 0.717) is 33.7 Å².